The van der Waals surface area contributed by atoms with Crippen molar-refractivity contribution in [3.05, 3.63) is 58.4 Å². The topological polar surface area (TPSA) is 88.6 Å². The van der Waals surface area contributed by atoms with E-state index in [4.69, 9.17) is 4.74 Å². The number of nitrogens with one attached hydrogen (secondary N) is 1. The molecule has 9 heteroatoms. The second-order valence-corrected chi connectivity index (χ2v) is 11.1. The van der Waals surface area contributed by atoms with E-state index >= 15 is 0 Å². The molecule has 4 rings (SSSR count). The molecule has 3 aromatic rings. The number of sulfonamides is 1. The molecule has 33 heavy (non-hydrogen) atoms. The number of amides is 1. The van der Waals surface area contributed by atoms with Gasteiger partial charge < -0.3 is 10.1 Å². The second-order valence-electron chi connectivity index (χ2n) is 8.18. The molecule has 0 aliphatic carbocycles. The molecular formula is C24H27N3O4S2. The van der Waals surface area contributed by atoms with E-state index in [2.05, 4.69) is 10.3 Å². The van der Waals surface area contributed by atoms with Crippen LogP contribution >= 0.6 is 11.3 Å². The zero-order valence-electron chi connectivity index (χ0n) is 18.9. The Bertz CT molecular complexity index is 1270. The number of aromatic nitrogens is 1. The number of carbonyl (C=O) groups is 1. The minimum absolute atomic E-state index is 0.135. The molecule has 1 N–H and O–H groups in total. The van der Waals surface area contributed by atoms with Crippen molar-refractivity contribution < 1.29 is 17.9 Å². The average Bonchev–Trinajstić information content (AvgIpc) is 3.25. The number of benzene rings is 2. The van der Waals surface area contributed by atoms with Crippen molar-refractivity contribution in [1.29, 1.82) is 0 Å². The van der Waals surface area contributed by atoms with Crippen LogP contribution in [0.5, 0.6) is 5.75 Å². The molecule has 1 aromatic heterocycles. The maximum absolute atomic E-state index is 13.4. The smallest absolute Gasteiger partial charge is 0.246 e. The largest absolute Gasteiger partial charge is 0.495 e. The van der Waals surface area contributed by atoms with Crippen LogP contribution in [0.2, 0.25) is 0 Å². The number of rotatable bonds is 6. The second kappa shape index (κ2) is 9.62. The van der Waals surface area contributed by atoms with Crippen LogP contribution < -0.4 is 10.1 Å². The highest BCUT2D eigenvalue weighted by molar-refractivity contribution is 7.89. The Morgan fingerprint density at radius 2 is 2.03 bits per heavy atom. The van der Waals surface area contributed by atoms with Crippen LogP contribution in [0.3, 0.4) is 0 Å². The van der Waals surface area contributed by atoms with Gasteiger partial charge in [-0.3, -0.25) is 4.79 Å². The van der Waals surface area contributed by atoms with Crippen molar-refractivity contribution in [1.82, 2.24) is 9.29 Å². The summed E-state index contributed by atoms with van der Waals surface area (Å²) in [6.07, 6.45) is 1.25. The van der Waals surface area contributed by atoms with Crippen LogP contribution in [0.1, 0.15) is 23.4 Å². The zero-order chi connectivity index (χ0) is 23.6. The van der Waals surface area contributed by atoms with E-state index in [1.54, 1.807) is 23.5 Å². The number of nitrogens with zero attached hydrogens (tertiary/aromatic N) is 2. The summed E-state index contributed by atoms with van der Waals surface area (Å²) in [6, 6.07) is 12.6. The van der Waals surface area contributed by atoms with E-state index in [1.807, 2.05) is 49.6 Å². The molecule has 2 heterocycles. The van der Waals surface area contributed by atoms with Crippen LogP contribution in [0.4, 0.5) is 5.69 Å². The van der Waals surface area contributed by atoms with Gasteiger partial charge in [-0.2, -0.15) is 4.31 Å². The lowest BCUT2D eigenvalue weighted by Gasteiger charge is -2.31. The number of thiazole rings is 1. The van der Waals surface area contributed by atoms with Crippen molar-refractivity contribution >= 4 is 33.0 Å². The Balaban J connectivity index is 1.50. The Hall–Kier alpha value is -2.75. The van der Waals surface area contributed by atoms with E-state index in [9.17, 15) is 13.2 Å². The van der Waals surface area contributed by atoms with Crippen molar-refractivity contribution in [3.63, 3.8) is 0 Å². The van der Waals surface area contributed by atoms with E-state index in [0.717, 1.165) is 21.8 Å². The predicted molar refractivity (Wildman–Crippen MR) is 130 cm³/mol. The molecule has 1 amide bonds. The number of carbonyl (C=O) groups excluding carboxylic acids is 1. The molecule has 1 aliphatic heterocycles. The summed E-state index contributed by atoms with van der Waals surface area (Å²) >= 11 is 1.58. The number of anilines is 1. The molecule has 7 nitrogen and oxygen atoms in total. The van der Waals surface area contributed by atoms with Crippen molar-refractivity contribution in [2.45, 2.75) is 31.6 Å². The molecule has 1 atom stereocenters. The molecule has 0 saturated carbocycles. The summed E-state index contributed by atoms with van der Waals surface area (Å²) in [5.41, 5.74) is 3.30. The molecule has 0 bridgehead atoms. The monoisotopic (exact) mass is 485 g/mol. The van der Waals surface area contributed by atoms with Crippen molar-refractivity contribution in [2.24, 2.45) is 5.92 Å². The SMILES string of the molecule is COc1ccc(C)cc1S(=O)(=O)N1CCC[C@H](C(=O)Nc2cccc(-c3csc(C)n3)c2)C1. The summed E-state index contributed by atoms with van der Waals surface area (Å²) in [6.45, 7) is 4.30. The van der Waals surface area contributed by atoms with Crippen LogP contribution in [-0.4, -0.2) is 43.8 Å². The van der Waals surface area contributed by atoms with Crippen molar-refractivity contribution in [3.8, 4) is 17.0 Å². The Morgan fingerprint density at radius 1 is 1.21 bits per heavy atom. The van der Waals surface area contributed by atoms with Gasteiger partial charge in [-0.25, -0.2) is 13.4 Å². The molecule has 174 valence electrons. The van der Waals surface area contributed by atoms with Gasteiger partial charge in [0.05, 0.1) is 23.7 Å². The van der Waals surface area contributed by atoms with Gasteiger partial charge in [0.15, 0.2) is 0 Å². The number of aryl methyl sites for hydroxylation is 2. The number of piperidine rings is 1. The lowest BCUT2D eigenvalue weighted by Crippen LogP contribution is -2.43. The minimum atomic E-state index is -3.79. The van der Waals surface area contributed by atoms with Crippen molar-refractivity contribution in [2.75, 3.05) is 25.5 Å². The first-order valence-electron chi connectivity index (χ1n) is 10.8. The molecule has 2 aromatic carbocycles. The number of methoxy groups -OCH3 is 1. The van der Waals surface area contributed by atoms with Gasteiger partial charge in [-0.05, 0) is 56.5 Å². The molecule has 1 aliphatic rings. The zero-order valence-corrected chi connectivity index (χ0v) is 20.5. The number of ether oxygens (including phenoxy) is 1. The highest BCUT2D eigenvalue weighted by Gasteiger charge is 2.35. The summed E-state index contributed by atoms with van der Waals surface area (Å²) in [5.74, 6) is -0.312. The summed E-state index contributed by atoms with van der Waals surface area (Å²) < 4.78 is 33.4. The predicted octanol–water partition coefficient (Wildman–Crippen LogP) is 4.47. The highest BCUT2D eigenvalue weighted by Crippen LogP contribution is 2.31. The average molecular weight is 486 g/mol. The van der Waals surface area contributed by atoms with Crippen LogP contribution in [0.25, 0.3) is 11.3 Å². The number of hydrogen-bond donors (Lipinski definition) is 1. The first-order valence-corrected chi connectivity index (χ1v) is 13.1. The quantitative estimate of drug-likeness (QED) is 0.556. The molecule has 0 radical (unpaired) electrons. The maximum Gasteiger partial charge on any atom is 0.246 e. The standard InChI is InChI=1S/C24H27N3O4S2/c1-16-9-10-22(31-3)23(12-16)33(29,30)27-11-5-7-19(14-27)24(28)26-20-8-4-6-18(13-20)21-15-32-17(2)25-21/h4,6,8-10,12-13,15,19H,5,7,11,14H2,1-3H3,(H,26,28)/t19-/m0/s1. The van der Waals surface area contributed by atoms with E-state index < -0.39 is 15.9 Å². The third-order valence-corrected chi connectivity index (χ3v) is 8.40. The summed E-state index contributed by atoms with van der Waals surface area (Å²) in [5, 5.41) is 5.93. The molecule has 1 saturated heterocycles. The van der Waals surface area contributed by atoms with Gasteiger partial charge in [-0.1, -0.05) is 18.2 Å². The summed E-state index contributed by atoms with van der Waals surface area (Å²) in [4.78, 5) is 17.7. The third kappa shape index (κ3) is 5.10. The first-order chi connectivity index (χ1) is 15.8. The third-order valence-electron chi connectivity index (χ3n) is 5.74. The molecular weight excluding hydrogens is 458 g/mol. The lowest BCUT2D eigenvalue weighted by atomic mass is 9.98. The van der Waals surface area contributed by atoms with Gasteiger partial charge in [-0.15, -0.1) is 11.3 Å². The Kier molecular flexibility index (Phi) is 6.83. The van der Waals surface area contributed by atoms with E-state index in [1.165, 1.54) is 11.4 Å². The van der Waals surface area contributed by atoms with Crippen LogP contribution in [0, 0.1) is 19.8 Å². The van der Waals surface area contributed by atoms with Gasteiger partial charge in [0.25, 0.3) is 0 Å². The van der Waals surface area contributed by atoms with E-state index in [0.29, 0.717) is 30.8 Å². The van der Waals surface area contributed by atoms with Gasteiger partial charge in [0.2, 0.25) is 15.9 Å². The minimum Gasteiger partial charge on any atom is -0.495 e. The molecule has 1 fully saturated rings. The van der Waals surface area contributed by atoms with Gasteiger partial charge in [0, 0.05) is 29.7 Å². The first kappa shape index (κ1) is 23.4. The summed E-state index contributed by atoms with van der Waals surface area (Å²) in [7, 11) is -2.33. The van der Waals surface area contributed by atoms with E-state index in [-0.39, 0.29) is 17.3 Å². The highest BCUT2D eigenvalue weighted by atomic mass is 32.2. The fraction of sp³-hybridized carbons (Fsp3) is 0.333. The Morgan fingerprint density at radius 3 is 2.76 bits per heavy atom. The van der Waals surface area contributed by atoms with Crippen LogP contribution in [0.15, 0.2) is 52.7 Å². The van der Waals surface area contributed by atoms with Gasteiger partial charge >= 0.3 is 0 Å². The normalized spacial score (nSPS) is 17.0. The molecule has 0 unspecified atom stereocenters. The Labute approximate surface area is 198 Å². The lowest BCUT2D eigenvalue weighted by molar-refractivity contribution is -0.120. The van der Waals surface area contributed by atoms with Crippen LogP contribution in [-0.2, 0) is 14.8 Å². The van der Waals surface area contributed by atoms with Gasteiger partial charge in [0.1, 0.15) is 10.6 Å². The maximum atomic E-state index is 13.4. The molecule has 0 spiro atoms. The number of hydrogen-bond acceptors (Lipinski definition) is 6. The fourth-order valence-electron chi connectivity index (χ4n) is 4.00. The fourth-order valence-corrected chi connectivity index (χ4v) is 6.38.